The van der Waals surface area contributed by atoms with Crippen molar-refractivity contribution in [3.8, 4) is 0 Å². The molecular weight excluding hydrogens is 247 g/mol. The molecule has 2 nitrogen and oxygen atoms in total. The molecule has 0 radical (unpaired) electrons. The highest BCUT2D eigenvalue weighted by Gasteiger charge is 2.12. The molecule has 86 valence electrons. The van der Waals surface area contributed by atoms with E-state index < -0.39 is 15.8 Å². The smallest absolute Gasteiger partial charge is 0.203 e. The van der Waals surface area contributed by atoms with Gasteiger partial charge in [-0.25, -0.2) is 0 Å². The highest BCUT2D eigenvalue weighted by Crippen LogP contribution is 2.49. The molecule has 0 saturated carbocycles. The Balaban J connectivity index is 3.04. The van der Waals surface area contributed by atoms with Crippen LogP contribution in [0.3, 0.4) is 0 Å². The molecule has 0 heterocycles. The molecule has 2 N–H and O–H groups in total. The van der Waals surface area contributed by atoms with E-state index in [1.807, 2.05) is 30.3 Å². The SMILES string of the molecule is CCCCS(c1ccccc1)=P(O)(O)S. The van der Waals surface area contributed by atoms with Gasteiger partial charge in [-0.05, 0) is 24.3 Å². The summed E-state index contributed by atoms with van der Waals surface area (Å²) in [5.41, 5.74) is -3.06. The zero-order valence-corrected chi connectivity index (χ0v) is 11.3. The molecule has 5 heteroatoms. The van der Waals surface area contributed by atoms with Crippen molar-refractivity contribution in [2.75, 3.05) is 5.75 Å². The lowest BCUT2D eigenvalue weighted by molar-refractivity contribution is 0.502. The Kier molecular flexibility index (Phi) is 5.44. The molecule has 0 bridgehead atoms. The van der Waals surface area contributed by atoms with E-state index in [9.17, 15) is 9.79 Å². The van der Waals surface area contributed by atoms with Gasteiger partial charge in [0, 0.05) is 4.90 Å². The number of unbranched alkanes of at least 4 members (excludes halogenated alkanes) is 1. The Labute approximate surface area is 98.6 Å². The molecule has 0 aromatic heterocycles. The quantitative estimate of drug-likeness (QED) is 0.578. The zero-order valence-electron chi connectivity index (χ0n) is 8.71. The summed E-state index contributed by atoms with van der Waals surface area (Å²) >= 11 is 3.97. The first-order chi connectivity index (χ1) is 7.05. The maximum atomic E-state index is 9.70. The summed E-state index contributed by atoms with van der Waals surface area (Å²) in [6.45, 7) is 2.10. The standard InChI is InChI=1S/C10H17O2PS2/c1-2-3-9-15(13(11,12)14)10-7-5-4-6-8-10/h4-8,11-12,14H,2-3,9H2,1H3. The Morgan fingerprint density at radius 1 is 1.27 bits per heavy atom. The zero-order chi connectivity index (χ0) is 11.3. The summed E-state index contributed by atoms with van der Waals surface area (Å²) in [7, 11) is -0.519. The summed E-state index contributed by atoms with van der Waals surface area (Å²) in [6.07, 6.45) is 2.06. The minimum absolute atomic E-state index is 0.519. The Morgan fingerprint density at radius 3 is 2.33 bits per heavy atom. The predicted molar refractivity (Wildman–Crippen MR) is 72.2 cm³/mol. The number of rotatable bonds is 4. The Hall–Kier alpha value is 0.270. The minimum atomic E-state index is -3.06. The number of thiol groups is 1. The Bertz CT molecular complexity index is 351. The topological polar surface area (TPSA) is 40.5 Å². The van der Waals surface area contributed by atoms with E-state index in [1.165, 1.54) is 0 Å². The van der Waals surface area contributed by atoms with Crippen LogP contribution in [0.25, 0.3) is 0 Å². The molecule has 1 aromatic rings. The van der Waals surface area contributed by atoms with Crippen molar-refractivity contribution in [2.24, 2.45) is 0 Å². The van der Waals surface area contributed by atoms with Crippen LogP contribution in [0, 0.1) is 0 Å². The molecule has 15 heavy (non-hydrogen) atoms. The lowest BCUT2D eigenvalue weighted by Gasteiger charge is -2.16. The van der Waals surface area contributed by atoms with Crippen molar-refractivity contribution in [3.63, 3.8) is 0 Å². The first-order valence-corrected chi connectivity index (χ1v) is 9.74. The van der Waals surface area contributed by atoms with Crippen LogP contribution >= 0.6 is 17.9 Å². The van der Waals surface area contributed by atoms with Gasteiger partial charge in [0.2, 0.25) is 5.69 Å². The van der Waals surface area contributed by atoms with E-state index in [0.717, 1.165) is 23.5 Å². The average Bonchev–Trinajstić information content (AvgIpc) is 2.18. The molecular formula is C10H17O2PS2. The van der Waals surface area contributed by atoms with Crippen LogP contribution < -0.4 is 0 Å². The third kappa shape index (κ3) is 4.33. The predicted octanol–water partition coefficient (Wildman–Crippen LogP) is 3.06. The molecule has 1 unspecified atom stereocenters. The highest BCUT2D eigenvalue weighted by atomic mass is 32.9. The van der Waals surface area contributed by atoms with Gasteiger partial charge in [-0.1, -0.05) is 43.8 Å². The first kappa shape index (κ1) is 13.3. The van der Waals surface area contributed by atoms with Crippen LogP contribution in [0.4, 0.5) is 0 Å². The molecule has 0 amide bonds. The molecule has 1 atom stereocenters. The maximum Gasteiger partial charge on any atom is 0.203 e. The molecule has 1 aromatic carbocycles. The fraction of sp³-hybridized carbons (Fsp3) is 0.400. The summed E-state index contributed by atoms with van der Waals surface area (Å²) in [5.74, 6) is 0.810. The molecule has 0 aliphatic carbocycles. The van der Waals surface area contributed by atoms with E-state index in [0.29, 0.717) is 0 Å². The largest absolute Gasteiger partial charge is 0.341 e. The molecule has 0 saturated heterocycles. The summed E-state index contributed by atoms with van der Waals surface area (Å²) < 4.78 is 0. The van der Waals surface area contributed by atoms with Crippen molar-refractivity contribution in [1.29, 1.82) is 0 Å². The second kappa shape index (κ2) is 6.12. The van der Waals surface area contributed by atoms with Crippen LogP contribution in [0.15, 0.2) is 35.2 Å². The fourth-order valence-electron chi connectivity index (χ4n) is 1.24. The third-order valence-electron chi connectivity index (χ3n) is 2.00. The highest BCUT2D eigenvalue weighted by molar-refractivity contribution is 8.65. The van der Waals surface area contributed by atoms with Gasteiger partial charge < -0.3 is 9.79 Å². The number of benzene rings is 1. The van der Waals surface area contributed by atoms with Gasteiger partial charge in [0.1, 0.15) is 0 Å². The van der Waals surface area contributed by atoms with Crippen LogP contribution in [-0.4, -0.2) is 15.5 Å². The van der Waals surface area contributed by atoms with Crippen LogP contribution in [0.2, 0.25) is 0 Å². The van der Waals surface area contributed by atoms with Gasteiger partial charge in [-0.3, -0.25) is 0 Å². The number of hydrogen-bond acceptors (Lipinski definition) is 0. The second-order valence-corrected chi connectivity index (χ2v) is 11.2. The van der Waals surface area contributed by atoms with Gasteiger partial charge in [0.05, 0.1) is 0 Å². The molecule has 0 fully saturated rings. The number of hydrogen-bond donors (Lipinski definition) is 3. The van der Waals surface area contributed by atoms with Crippen molar-refractivity contribution >= 4 is 28.0 Å². The summed E-state index contributed by atoms with van der Waals surface area (Å²) in [4.78, 5) is 20.4. The van der Waals surface area contributed by atoms with E-state index in [2.05, 4.69) is 19.2 Å². The van der Waals surface area contributed by atoms with Crippen molar-refractivity contribution in [2.45, 2.75) is 24.7 Å². The molecule has 0 spiro atoms. The first-order valence-electron chi connectivity index (χ1n) is 4.89. The Morgan fingerprint density at radius 2 is 1.87 bits per heavy atom. The minimum Gasteiger partial charge on any atom is -0.341 e. The summed E-state index contributed by atoms with van der Waals surface area (Å²) in [6, 6.07) is 9.65. The van der Waals surface area contributed by atoms with Gasteiger partial charge in [0.15, 0.2) is 0 Å². The average molecular weight is 264 g/mol. The van der Waals surface area contributed by atoms with Crippen molar-refractivity contribution in [1.82, 2.24) is 0 Å². The van der Waals surface area contributed by atoms with Gasteiger partial charge in [-0.2, -0.15) is 0 Å². The fourth-order valence-corrected chi connectivity index (χ4v) is 6.96. The van der Waals surface area contributed by atoms with E-state index in [1.54, 1.807) is 0 Å². The lowest BCUT2D eigenvalue weighted by atomic mass is 10.4. The van der Waals surface area contributed by atoms with E-state index in [-0.39, 0.29) is 0 Å². The summed E-state index contributed by atoms with van der Waals surface area (Å²) in [5, 5.41) is 0. The lowest BCUT2D eigenvalue weighted by Crippen LogP contribution is -1.99. The van der Waals surface area contributed by atoms with Crippen LogP contribution in [0.1, 0.15) is 19.8 Å². The molecule has 0 aliphatic rings. The normalized spacial score (nSPS) is 13.9. The van der Waals surface area contributed by atoms with Crippen LogP contribution in [0.5, 0.6) is 0 Å². The monoisotopic (exact) mass is 264 g/mol. The van der Waals surface area contributed by atoms with Gasteiger partial charge in [-0.15, -0.1) is 10.1 Å². The molecule has 0 aliphatic heterocycles. The van der Waals surface area contributed by atoms with E-state index in [4.69, 9.17) is 0 Å². The van der Waals surface area contributed by atoms with Crippen molar-refractivity contribution in [3.05, 3.63) is 30.3 Å². The third-order valence-corrected chi connectivity index (χ3v) is 8.81. The maximum absolute atomic E-state index is 9.70. The molecule has 1 rings (SSSR count). The second-order valence-electron chi connectivity index (χ2n) is 3.25. The van der Waals surface area contributed by atoms with Gasteiger partial charge >= 0.3 is 0 Å². The van der Waals surface area contributed by atoms with E-state index >= 15 is 0 Å². The van der Waals surface area contributed by atoms with Crippen molar-refractivity contribution < 1.29 is 9.79 Å². The van der Waals surface area contributed by atoms with Crippen LogP contribution in [-0.2, 0) is 10.1 Å². The van der Waals surface area contributed by atoms with Gasteiger partial charge in [0.25, 0.3) is 0 Å².